The van der Waals surface area contributed by atoms with Crippen molar-refractivity contribution < 1.29 is 9.53 Å². The van der Waals surface area contributed by atoms with Gasteiger partial charge in [-0.15, -0.1) is 0 Å². The molecule has 2 aliphatic carbocycles. The highest BCUT2D eigenvalue weighted by Gasteiger charge is 2.54. The van der Waals surface area contributed by atoms with Crippen LogP contribution < -0.4 is 0 Å². The van der Waals surface area contributed by atoms with E-state index in [4.69, 9.17) is 4.74 Å². The molecule has 0 aromatic heterocycles. The van der Waals surface area contributed by atoms with Crippen LogP contribution in [0.3, 0.4) is 0 Å². The highest BCUT2D eigenvalue weighted by Crippen LogP contribution is 2.57. The molecule has 0 N–H and O–H groups in total. The fourth-order valence-electron chi connectivity index (χ4n) is 4.60. The van der Waals surface area contributed by atoms with E-state index < -0.39 is 0 Å². The summed E-state index contributed by atoms with van der Waals surface area (Å²) in [6.45, 7) is 10.4. The van der Waals surface area contributed by atoms with E-state index in [2.05, 4.69) is 20.8 Å². The second-order valence-corrected chi connectivity index (χ2v) is 8.48. The first-order valence-electron chi connectivity index (χ1n) is 8.99. The van der Waals surface area contributed by atoms with E-state index >= 15 is 0 Å². The minimum atomic E-state index is -0.368. The Hall–Kier alpha value is -0.530. The van der Waals surface area contributed by atoms with E-state index in [0.29, 0.717) is 0 Å². The Labute approximate surface area is 131 Å². The van der Waals surface area contributed by atoms with Crippen LogP contribution in [0.1, 0.15) is 92.4 Å². The lowest BCUT2D eigenvalue weighted by Crippen LogP contribution is -2.55. The molecule has 0 heterocycles. The first-order chi connectivity index (χ1) is 9.75. The standard InChI is InChI=1S/C19H34O2/c1-6-17(2,3)16(20)21-18(4,5)19-13-9-7-11-15(19)12-8-10-14-19/h15H,6-14H2,1-5H3. The second-order valence-electron chi connectivity index (χ2n) is 8.48. The molecule has 0 unspecified atom stereocenters. The summed E-state index contributed by atoms with van der Waals surface area (Å²) in [7, 11) is 0. The Morgan fingerprint density at radius 2 is 1.57 bits per heavy atom. The topological polar surface area (TPSA) is 26.3 Å². The maximum atomic E-state index is 12.6. The van der Waals surface area contributed by atoms with Crippen molar-refractivity contribution in [2.24, 2.45) is 16.7 Å². The van der Waals surface area contributed by atoms with Crippen LogP contribution in [0, 0.1) is 16.7 Å². The normalized spacial score (nSPS) is 30.6. The lowest BCUT2D eigenvalue weighted by molar-refractivity contribution is -0.197. The van der Waals surface area contributed by atoms with Crippen LogP contribution >= 0.6 is 0 Å². The van der Waals surface area contributed by atoms with Crippen LogP contribution in [0.2, 0.25) is 0 Å². The van der Waals surface area contributed by atoms with Crippen LogP contribution in [0.15, 0.2) is 0 Å². The molecule has 2 fully saturated rings. The van der Waals surface area contributed by atoms with Crippen molar-refractivity contribution in [3.63, 3.8) is 0 Å². The highest BCUT2D eigenvalue weighted by molar-refractivity contribution is 5.76. The number of carbonyl (C=O) groups excluding carboxylic acids is 1. The first-order valence-corrected chi connectivity index (χ1v) is 8.99. The van der Waals surface area contributed by atoms with Crippen molar-refractivity contribution in [1.29, 1.82) is 0 Å². The smallest absolute Gasteiger partial charge is 0.312 e. The molecule has 0 bridgehead atoms. The fraction of sp³-hybridized carbons (Fsp3) is 0.947. The molecule has 122 valence electrons. The summed E-state index contributed by atoms with van der Waals surface area (Å²) in [6, 6.07) is 0. The lowest BCUT2D eigenvalue weighted by atomic mass is 9.53. The molecule has 0 spiro atoms. The average Bonchev–Trinajstić information content (AvgIpc) is 2.46. The number of rotatable bonds is 4. The van der Waals surface area contributed by atoms with Crippen LogP contribution in [0.4, 0.5) is 0 Å². The van der Waals surface area contributed by atoms with Gasteiger partial charge in [0.05, 0.1) is 5.41 Å². The van der Waals surface area contributed by atoms with Crippen LogP contribution in [-0.4, -0.2) is 11.6 Å². The average molecular weight is 294 g/mol. The zero-order valence-electron chi connectivity index (χ0n) is 14.8. The van der Waals surface area contributed by atoms with Gasteiger partial charge in [-0.25, -0.2) is 0 Å². The number of hydrogen-bond donors (Lipinski definition) is 0. The molecule has 0 radical (unpaired) electrons. The summed E-state index contributed by atoms with van der Waals surface area (Å²) >= 11 is 0. The quantitative estimate of drug-likeness (QED) is 0.640. The third-order valence-corrected chi connectivity index (χ3v) is 6.62. The fourth-order valence-corrected chi connectivity index (χ4v) is 4.60. The minimum Gasteiger partial charge on any atom is -0.459 e. The first kappa shape index (κ1) is 16.8. The number of hydrogen-bond acceptors (Lipinski definition) is 2. The van der Waals surface area contributed by atoms with Crippen molar-refractivity contribution in [3.8, 4) is 0 Å². The molecule has 0 aromatic carbocycles. The molecule has 2 saturated carbocycles. The summed E-state index contributed by atoms with van der Waals surface area (Å²) in [4.78, 5) is 12.6. The molecular formula is C19H34O2. The Kier molecular flexibility index (Phi) is 4.75. The number of esters is 1. The van der Waals surface area contributed by atoms with Gasteiger partial charge in [-0.1, -0.05) is 32.6 Å². The maximum Gasteiger partial charge on any atom is 0.312 e. The largest absolute Gasteiger partial charge is 0.459 e. The molecule has 0 aromatic rings. The van der Waals surface area contributed by atoms with E-state index in [9.17, 15) is 4.79 Å². The molecule has 0 saturated heterocycles. The number of fused-ring (bicyclic) bond motifs is 1. The van der Waals surface area contributed by atoms with Crippen LogP contribution in [0.25, 0.3) is 0 Å². The monoisotopic (exact) mass is 294 g/mol. The van der Waals surface area contributed by atoms with Gasteiger partial charge in [-0.2, -0.15) is 0 Å². The summed E-state index contributed by atoms with van der Waals surface area (Å²) in [5, 5.41) is 0. The summed E-state index contributed by atoms with van der Waals surface area (Å²) in [5.41, 5.74) is -0.474. The Morgan fingerprint density at radius 3 is 2.05 bits per heavy atom. The van der Waals surface area contributed by atoms with Crippen molar-refractivity contribution >= 4 is 5.97 Å². The van der Waals surface area contributed by atoms with E-state index in [1.807, 2.05) is 13.8 Å². The maximum absolute atomic E-state index is 12.6. The zero-order chi connectivity index (χ0) is 15.7. The minimum absolute atomic E-state index is 0.0146. The Bertz CT molecular complexity index is 369. The van der Waals surface area contributed by atoms with E-state index in [0.717, 1.165) is 12.3 Å². The van der Waals surface area contributed by atoms with Crippen molar-refractivity contribution in [2.75, 3.05) is 0 Å². The SMILES string of the molecule is CCC(C)(C)C(=O)OC(C)(C)C12CCCCC1CCCC2. The van der Waals surface area contributed by atoms with Gasteiger partial charge in [-0.3, -0.25) is 4.79 Å². The number of ether oxygens (including phenoxy) is 1. The summed E-state index contributed by atoms with van der Waals surface area (Å²) < 4.78 is 6.15. The predicted octanol–water partition coefficient (Wildman–Crippen LogP) is 5.50. The molecule has 2 nitrogen and oxygen atoms in total. The molecule has 2 rings (SSSR count). The Balaban J connectivity index is 2.21. The van der Waals surface area contributed by atoms with E-state index in [-0.39, 0.29) is 22.4 Å². The lowest BCUT2D eigenvalue weighted by Gasteiger charge is -2.56. The summed E-state index contributed by atoms with van der Waals surface area (Å²) in [6.07, 6.45) is 11.3. The number of carbonyl (C=O) groups is 1. The molecular weight excluding hydrogens is 260 g/mol. The van der Waals surface area contributed by atoms with Gasteiger partial charge in [-0.05, 0) is 65.7 Å². The van der Waals surface area contributed by atoms with Crippen molar-refractivity contribution in [2.45, 2.75) is 98.0 Å². The predicted molar refractivity (Wildman–Crippen MR) is 87.1 cm³/mol. The molecule has 2 aliphatic rings. The zero-order valence-corrected chi connectivity index (χ0v) is 14.8. The Morgan fingerprint density at radius 1 is 1.05 bits per heavy atom. The third kappa shape index (κ3) is 3.00. The highest BCUT2D eigenvalue weighted by atomic mass is 16.6. The molecule has 21 heavy (non-hydrogen) atoms. The van der Waals surface area contributed by atoms with E-state index in [1.165, 1.54) is 51.4 Å². The molecule has 0 amide bonds. The van der Waals surface area contributed by atoms with E-state index in [1.54, 1.807) is 0 Å². The van der Waals surface area contributed by atoms with Gasteiger partial charge in [0.2, 0.25) is 0 Å². The molecule has 0 atom stereocenters. The molecule has 2 heteroatoms. The third-order valence-electron chi connectivity index (χ3n) is 6.62. The second kappa shape index (κ2) is 5.93. The van der Waals surface area contributed by atoms with Gasteiger partial charge < -0.3 is 4.74 Å². The summed E-state index contributed by atoms with van der Waals surface area (Å²) in [5.74, 6) is 0.742. The van der Waals surface area contributed by atoms with Gasteiger partial charge in [0.15, 0.2) is 0 Å². The van der Waals surface area contributed by atoms with Gasteiger partial charge >= 0.3 is 5.97 Å². The van der Waals surface area contributed by atoms with Gasteiger partial charge in [0.1, 0.15) is 5.60 Å². The molecule has 0 aliphatic heterocycles. The van der Waals surface area contributed by atoms with Crippen LogP contribution in [-0.2, 0) is 9.53 Å². The van der Waals surface area contributed by atoms with Crippen LogP contribution in [0.5, 0.6) is 0 Å². The van der Waals surface area contributed by atoms with Crippen molar-refractivity contribution in [3.05, 3.63) is 0 Å². The van der Waals surface area contributed by atoms with Gasteiger partial charge in [0.25, 0.3) is 0 Å². The van der Waals surface area contributed by atoms with Gasteiger partial charge in [0, 0.05) is 5.41 Å². The van der Waals surface area contributed by atoms with Crippen molar-refractivity contribution in [1.82, 2.24) is 0 Å².